The number of nitrogens with zero attached hydrogens (tertiary/aromatic N) is 4. The number of rotatable bonds is 10. The van der Waals surface area contributed by atoms with E-state index in [1.807, 2.05) is 49.1 Å². The zero-order chi connectivity index (χ0) is 43.5. The lowest BCUT2D eigenvalue weighted by Gasteiger charge is -2.33. The smallest absolute Gasteiger partial charge is 0.329 e. The van der Waals surface area contributed by atoms with E-state index >= 15 is 0 Å². The molecule has 3 saturated heterocycles. The van der Waals surface area contributed by atoms with Gasteiger partial charge in [0.2, 0.25) is 17.7 Å². The average molecular weight is 854 g/mol. The van der Waals surface area contributed by atoms with Crippen molar-refractivity contribution >= 4 is 51.7 Å². The first kappa shape index (κ1) is 42.7. The van der Waals surface area contributed by atoms with E-state index in [1.165, 1.54) is 4.57 Å². The Morgan fingerprint density at radius 1 is 0.935 bits per heavy atom. The van der Waals surface area contributed by atoms with Gasteiger partial charge in [0.05, 0.1) is 17.1 Å². The molecule has 4 N–H and O–H groups in total. The van der Waals surface area contributed by atoms with Crippen LogP contribution >= 0.6 is 11.3 Å². The van der Waals surface area contributed by atoms with Crippen LogP contribution in [0, 0.1) is 24.7 Å². The van der Waals surface area contributed by atoms with Crippen LogP contribution < -0.4 is 22.1 Å². The van der Waals surface area contributed by atoms with Crippen molar-refractivity contribution in [2.45, 2.75) is 83.2 Å². The van der Waals surface area contributed by atoms with Gasteiger partial charge in [-0.05, 0) is 142 Å². The second kappa shape index (κ2) is 18.6. The number of benzene rings is 3. The van der Waals surface area contributed by atoms with Crippen LogP contribution in [0.1, 0.15) is 109 Å². The Balaban J connectivity index is 0.798. The molecular weight excluding hydrogens is 799 g/mol. The molecule has 0 saturated carbocycles. The van der Waals surface area contributed by atoms with Crippen molar-refractivity contribution in [3.63, 3.8) is 0 Å². The first-order valence-corrected chi connectivity index (χ1v) is 22.7. The third-order valence-electron chi connectivity index (χ3n) is 13.0. The predicted octanol–water partition coefficient (Wildman–Crippen LogP) is 6.68. The molecule has 3 aromatic carbocycles. The van der Waals surface area contributed by atoms with E-state index in [4.69, 9.17) is 5.73 Å². The maximum Gasteiger partial charge on any atom is 0.329 e. The van der Waals surface area contributed by atoms with Crippen LogP contribution in [-0.4, -0.2) is 75.3 Å². The molecule has 3 aliphatic rings. The number of thiophene rings is 1. The highest BCUT2D eigenvalue weighted by molar-refractivity contribution is 7.13. The Morgan fingerprint density at radius 3 is 2.47 bits per heavy atom. The molecule has 0 spiro atoms. The van der Waals surface area contributed by atoms with Gasteiger partial charge >= 0.3 is 5.69 Å². The van der Waals surface area contributed by atoms with Gasteiger partial charge in [-0.25, -0.2) is 4.79 Å². The van der Waals surface area contributed by atoms with E-state index < -0.39 is 11.9 Å². The number of nitrogen functional groups attached to an aromatic ring is 1. The molecule has 13 heteroatoms. The highest BCUT2D eigenvalue weighted by Gasteiger charge is 2.32. The van der Waals surface area contributed by atoms with Crippen LogP contribution in [0.3, 0.4) is 0 Å². The number of carbonyl (C=O) groups excluding carboxylic acids is 4. The number of piperidine rings is 3. The lowest BCUT2D eigenvalue weighted by atomic mass is 9.89. The number of imidazole rings is 1. The summed E-state index contributed by atoms with van der Waals surface area (Å²) >= 11 is 1.68. The molecule has 0 aliphatic carbocycles. The number of amides is 4. The fourth-order valence-corrected chi connectivity index (χ4v) is 9.99. The van der Waals surface area contributed by atoms with E-state index in [9.17, 15) is 24.0 Å². The summed E-state index contributed by atoms with van der Waals surface area (Å²) in [6.07, 6.45) is 5.58. The monoisotopic (exact) mass is 853 g/mol. The van der Waals surface area contributed by atoms with Crippen molar-refractivity contribution in [1.82, 2.24) is 29.6 Å². The molecule has 62 heavy (non-hydrogen) atoms. The normalized spacial score (nSPS) is 18.3. The highest BCUT2D eigenvalue weighted by Crippen LogP contribution is 2.33. The van der Waals surface area contributed by atoms with Gasteiger partial charge in [0.25, 0.3) is 5.91 Å². The summed E-state index contributed by atoms with van der Waals surface area (Å²) < 4.78 is 3.09. The molecule has 0 radical (unpaired) electrons. The van der Waals surface area contributed by atoms with Crippen molar-refractivity contribution in [1.29, 1.82) is 0 Å². The van der Waals surface area contributed by atoms with Crippen molar-refractivity contribution in [2.75, 3.05) is 38.5 Å². The molecule has 3 fully saturated rings. The number of likely N-dealkylation sites (tertiary alicyclic amines) is 2. The minimum absolute atomic E-state index is 0.148. The first-order chi connectivity index (χ1) is 29.9. The van der Waals surface area contributed by atoms with Crippen LogP contribution in [0.25, 0.3) is 21.5 Å². The van der Waals surface area contributed by atoms with E-state index in [2.05, 4.69) is 57.0 Å². The molecule has 2 aromatic heterocycles. The topological polar surface area (TPSA) is 152 Å². The summed E-state index contributed by atoms with van der Waals surface area (Å²) in [5.74, 6) is 7.00. The molecule has 2 atom stereocenters. The largest absolute Gasteiger partial charge is 0.399 e. The number of nitrogens with one attached hydrogen (secondary N) is 2. The maximum absolute atomic E-state index is 13.3. The second-order valence-electron chi connectivity index (χ2n) is 17.1. The number of nitrogens with two attached hydrogens (primary N) is 1. The summed E-state index contributed by atoms with van der Waals surface area (Å²) in [5, 5.41) is 7.58. The SMILES string of the molecule is Cc1ccc(N)cc1C(=O)NC(C)c1ccc(C#CC2CCN(CCCC(=O)N3CCC(c4ccc5c(c4)n(C)c(=O)n5C4CCC(=O)NC4=O)CC3)CC2)c(-c2cccs2)c1. The number of hydrogen-bond acceptors (Lipinski definition) is 8. The molecule has 8 rings (SSSR count). The lowest BCUT2D eigenvalue weighted by molar-refractivity contribution is -0.136. The molecule has 3 aliphatic heterocycles. The first-order valence-electron chi connectivity index (χ1n) is 21.8. The van der Waals surface area contributed by atoms with Gasteiger partial charge in [0.1, 0.15) is 6.04 Å². The predicted molar refractivity (Wildman–Crippen MR) is 244 cm³/mol. The van der Waals surface area contributed by atoms with Crippen LogP contribution in [0.15, 0.2) is 76.9 Å². The van der Waals surface area contributed by atoms with Gasteiger partial charge in [0.15, 0.2) is 0 Å². The average Bonchev–Trinajstić information content (AvgIpc) is 3.90. The van der Waals surface area contributed by atoms with Crippen molar-refractivity contribution in [3.05, 3.63) is 110 Å². The molecule has 2 unspecified atom stereocenters. The number of aryl methyl sites for hydroxylation is 2. The van der Waals surface area contributed by atoms with E-state index in [0.29, 0.717) is 48.6 Å². The van der Waals surface area contributed by atoms with Gasteiger partial charge < -0.3 is 20.9 Å². The van der Waals surface area contributed by atoms with Crippen LogP contribution in [0.5, 0.6) is 0 Å². The molecule has 4 amide bonds. The Kier molecular flexibility index (Phi) is 12.8. The standard InChI is InChI=1S/C49H55N7O5S/c1-31-8-14-38(50)30-39(31)47(59)51-32(2)36-12-11-35(40(28-36)44-6-5-27-62-44)10-9-33-18-23-54(24-19-33)22-4-7-46(58)55-25-20-34(21-26-55)37-13-15-41-43(29-37)53(3)49(61)56(41)42-16-17-45(57)52-48(42)60/h5-6,8,11-15,27-30,32-34,42H,4,7,16-26,50H2,1-3H3,(H,51,59)(H,52,57,60). The van der Waals surface area contributed by atoms with Crippen LogP contribution in [-0.2, 0) is 21.4 Å². The van der Waals surface area contributed by atoms with E-state index in [0.717, 1.165) is 89.9 Å². The number of imide groups is 1. The molecule has 5 heterocycles. The van der Waals surface area contributed by atoms with Crippen LogP contribution in [0.2, 0.25) is 0 Å². The zero-order valence-corrected chi connectivity index (χ0v) is 36.6. The van der Waals surface area contributed by atoms with Crippen LogP contribution in [0.4, 0.5) is 5.69 Å². The molecule has 12 nitrogen and oxygen atoms in total. The summed E-state index contributed by atoms with van der Waals surface area (Å²) in [5.41, 5.74) is 13.4. The number of hydrogen-bond donors (Lipinski definition) is 3. The van der Waals surface area contributed by atoms with Gasteiger partial charge in [-0.3, -0.25) is 33.6 Å². The molecular formula is C49H55N7O5S. The minimum atomic E-state index is -0.706. The fourth-order valence-electron chi connectivity index (χ4n) is 9.24. The third kappa shape index (κ3) is 9.27. The van der Waals surface area contributed by atoms with Gasteiger partial charge in [-0.15, -0.1) is 11.3 Å². The number of fused-ring (bicyclic) bond motifs is 1. The highest BCUT2D eigenvalue weighted by atomic mass is 32.1. The quantitative estimate of drug-likeness (QED) is 0.0806. The third-order valence-corrected chi connectivity index (χ3v) is 13.9. The van der Waals surface area contributed by atoms with Crippen molar-refractivity contribution in [2.24, 2.45) is 13.0 Å². The summed E-state index contributed by atoms with van der Waals surface area (Å²) in [6, 6.07) is 20.9. The Labute approximate surface area is 366 Å². The van der Waals surface area contributed by atoms with Gasteiger partial charge in [-0.1, -0.05) is 36.1 Å². The zero-order valence-electron chi connectivity index (χ0n) is 35.7. The van der Waals surface area contributed by atoms with Gasteiger partial charge in [-0.2, -0.15) is 0 Å². The number of carbonyl (C=O) groups is 4. The fraction of sp³-hybridized carbons (Fsp3) is 0.408. The van der Waals surface area contributed by atoms with E-state index in [-0.39, 0.29) is 41.8 Å². The second-order valence-corrected chi connectivity index (χ2v) is 18.1. The molecule has 0 bridgehead atoms. The molecule has 5 aromatic rings. The summed E-state index contributed by atoms with van der Waals surface area (Å²) in [7, 11) is 1.72. The van der Waals surface area contributed by atoms with E-state index in [1.54, 1.807) is 35.1 Å². The maximum atomic E-state index is 13.3. The van der Waals surface area contributed by atoms with Gasteiger partial charge in [0, 0.05) is 66.2 Å². The minimum Gasteiger partial charge on any atom is -0.399 e. The Morgan fingerprint density at radius 2 is 1.73 bits per heavy atom. The number of anilines is 1. The van der Waals surface area contributed by atoms with Crippen molar-refractivity contribution in [3.8, 4) is 22.3 Å². The Hall–Kier alpha value is -5.97. The molecule has 322 valence electrons. The summed E-state index contributed by atoms with van der Waals surface area (Å²) in [6.45, 7) is 8.15. The number of aromatic nitrogens is 2. The summed E-state index contributed by atoms with van der Waals surface area (Å²) in [4.78, 5) is 69.6. The lowest BCUT2D eigenvalue weighted by Crippen LogP contribution is -2.44. The van der Waals surface area contributed by atoms with Crippen molar-refractivity contribution < 1.29 is 19.2 Å². The Bertz CT molecular complexity index is 2620.